The van der Waals surface area contributed by atoms with Gasteiger partial charge in [-0.05, 0) is 77.0 Å². The van der Waals surface area contributed by atoms with Crippen LogP contribution >= 0.6 is 0 Å². The van der Waals surface area contributed by atoms with Crippen molar-refractivity contribution < 1.29 is 24.5 Å². The molecule has 0 aliphatic heterocycles. The Hall–Kier alpha value is -1.66. The van der Waals surface area contributed by atoms with Crippen molar-refractivity contribution in [1.29, 1.82) is 0 Å². The summed E-state index contributed by atoms with van der Waals surface area (Å²) in [5, 5.41) is 23.8. The Morgan fingerprint density at radius 1 is 0.475 bits per heavy atom. The highest BCUT2D eigenvalue weighted by molar-refractivity contribution is 5.77. The maximum absolute atomic E-state index is 13.2. The molecule has 0 saturated heterocycles. The first-order valence-corrected chi connectivity index (χ1v) is 26.1. The van der Waals surface area contributed by atoms with Gasteiger partial charge in [0.05, 0.1) is 25.2 Å². The largest absolute Gasteiger partial charge is 0.462 e. The highest BCUT2D eigenvalue weighted by atomic mass is 16.5. The van der Waals surface area contributed by atoms with Gasteiger partial charge in [-0.3, -0.25) is 9.59 Å². The lowest BCUT2D eigenvalue weighted by Crippen LogP contribution is -2.46. The Bertz CT molecular complexity index is 935. The number of rotatable bonds is 47. The van der Waals surface area contributed by atoms with Crippen LogP contribution in [0.4, 0.5) is 0 Å². The number of esters is 1. The fourth-order valence-corrected chi connectivity index (χ4v) is 8.01. The second-order valence-electron chi connectivity index (χ2n) is 17.9. The summed E-state index contributed by atoms with van der Waals surface area (Å²) in [4.78, 5) is 26.1. The third-order valence-corrected chi connectivity index (χ3v) is 12.0. The number of hydrogen-bond donors (Lipinski definition) is 3. The molecule has 0 aromatic heterocycles. The van der Waals surface area contributed by atoms with E-state index in [0.29, 0.717) is 19.3 Å². The van der Waals surface area contributed by atoms with E-state index in [4.69, 9.17) is 4.74 Å². The molecule has 1 amide bonds. The molecular weight excluding hydrogens is 731 g/mol. The van der Waals surface area contributed by atoms with Gasteiger partial charge in [-0.25, -0.2) is 0 Å². The smallest absolute Gasteiger partial charge is 0.306 e. The highest BCUT2D eigenvalue weighted by Crippen LogP contribution is 2.18. The molecule has 0 aliphatic carbocycles. The van der Waals surface area contributed by atoms with Crippen molar-refractivity contribution in [3.8, 4) is 0 Å². The zero-order valence-electron chi connectivity index (χ0n) is 39.7. The molecule has 0 fully saturated rings. The predicted molar refractivity (Wildman–Crippen MR) is 255 cm³/mol. The fraction of sp³-hybridized carbons (Fsp3) is 0.887. The van der Waals surface area contributed by atoms with Crippen LogP contribution in [0.1, 0.15) is 278 Å². The molecule has 6 nitrogen and oxygen atoms in total. The molecule has 0 aliphatic rings. The maximum atomic E-state index is 13.2. The SMILES string of the molecule is CCCCCC/C=C\CCCCCCCC(CC(=O)NC(CO)C(O)CCCCCCCCCCCCCCCC)OC(=O)CCCCC/C=C\CCCCCCCC. The average molecular weight is 832 g/mol. The van der Waals surface area contributed by atoms with E-state index in [0.717, 1.165) is 64.2 Å². The van der Waals surface area contributed by atoms with Gasteiger partial charge in [0.1, 0.15) is 6.10 Å². The van der Waals surface area contributed by atoms with Crippen LogP contribution in [0.25, 0.3) is 0 Å². The molecule has 59 heavy (non-hydrogen) atoms. The second kappa shape index (κ2) is 47.4. The number of nitrogens with one attached hydrogen (secondary N) is 1. The summed E-state index contributed by atoms with van der Waals surface area (Å²) in [6, 6.07) is -0.703. The number of amides is 1. The Labute approximate surface area is 367 Å². The third-order valence-electron chi connectivity index (χ3n) is 12.0. The van der Waals surface area contributed by atoms with Crippen LogP contribution in [0.5, 0.6) is 0 Å². The van der Waals surface area contributed by atoms with Crippen molar-refractivity contribution in [3.05, 3.63) is 24.3 Å². The van der Waals surface area contributed by atoms with E-state index >= 15 is 0 Å². The number of allylic oxidation sites excluding steroid dienone is 4. The molecule has 0 aromatic rings. The number of aliphatic hydroxyl groups excluding tert-OH is 2. The first-order valence-electron chi connectivity index (χ1n) is 26.1. The predicted octanol–water partition coefficient (Wildman–Crippen LogP) is 15.5. The molecule has 3 atom stereocenters. The molecule has 0 aromatic carbocycles. The van der Waals surface area contributed by atoms with E-state index in [9.17, 15) is 19.8 Å². The highest BCUT2D eigenvalue weighted by Gasteiger charge is 2.24. The minimum Gasteiger partial charge on any atom is -0.462 e. The quantitative estimate of drug-likeness (QED) is 0.0322. The molecule has 3 N–H and O–H groups in total. The van der Waals surface area contributed by atoms with Gasteiger partial charge in [0.2, 0.25) is 5.91 Å². The molecule has 3 unspecified atom stereocenters. The van der Waals surface area contributed by atoms with E-state index in [1.807, 2.05) is 0 Å². The van der Waals surface area contributed by atoms with Gasteiger partial charge in [-0.15, -0.1) is 0 Å². The molecular formula is C53H101NO5. The van der Waals surface area contributed by atoms with Crippen molar-refractivity contribution in [3.63, 3.8) is 0 Å². The molecule has 0 rings (SSSR count). The molecule has 0 radical (unpaired) electrons. The van der Waals surface area contributed by atoms with E-state index in [1.165, 1.54) is 167 Å². The van der Waals surface area contributed by atoms with Crippen LogP contribution in [-0.2, 0) is 14.3 Å². The number of ether oxygens (including phenoxy) is 1. The Morgan fingerprint density at radius 2 is 0.814 bits per heavy atom. The van der Waals surface area contributed by atoms with Gasteiger partial charge in [0.25, 0.3) is 0 Å². The normalized spacial score (nSPS) is 13.4. The number of aliphatic hydroxyl groups is 2. The van der Waals surface area contributed by atoms with Crippen molar-refractivity contribution in [1.82, 2.24) is 5.32 Å². The topological polar surface area (TPSA) is 95.9 Å². The molecule has 0 bridgehead atoms. The van der Waals surface area contributed by atoms with Crippen LogP contribution in [0, 0.1) is 0 Å². The van der Waals surface area contributed by atoms with Gasteiger partial charge in [0.15, 0.2) is 0 Å². The lowest BCUT2D eigenvalue weighted by molar-refractivity contribution is -0.151. The van der Waals surface area contributed by atoms with Gasteiger partial charge < -0.3 is 20.3 Å². The van der Waals surface area contributed by atoms with E-state index in [-0.39, 0.29) is 24.9 Å². The Balaban J connectivity index is 4.57. The van der Waals surface area contributed by atoms with Crippen molar-refractivity contribution >= 4 is 11.9 Å². The summed E-state index contributed by atoms with van der Waals surface area (Å²) in [7, 11) is 0. The summed E-state index contributed by atoms with van der Waals surface area (Å²) in [6.45, 7) is 6.47. The van der Waals surface area contributed by atoms with E-state index < -0.39 is 18.2 Å². The summed E-state index contributed by atoms with van der Waals surface area (Å²) in [6.07, 6.45) is 53.8. The monoisotopic (exact) mass is 832 g/mol. The summed E-state index contributed by atoms with van der Waals surface area (Å²) >= 11 is 0. The number of carbonyl (C=O) groups excluding carboxylic acids is 2. The first kappa shape index (κ1) is 57.3. The minimum absolute atomic E-state index is 0.0697. The molecule has 6 heteroatoms. The summed E-state index contributed by atoms with van der Waals surface area (Å²) < 4.78 is 5.92. The van der Waals surface area contributed by atoms with Crippen LogP contribution in [0.15, 0.2) is 24.3 Å². The van der Waals surface area contributed by atoms with Crippen molar-refractivity contribution in [2.75, 3.05) is 6.61 Å². The zero-order valence-corrected chi connectivity index (χ0v) is 39.7. The summed E-state index contributed by atoms with van der Waals surface area (Å²) in [5.74, 6) is -0.490. The lowest BCUT2D eigenvalue weighted by Gasteiger charge is -2.24. The number of carbonyl (C=O) groups is 2. The van der Waals surface area contributed by atoms with E-state index in [2.05, 4.69) is 50.4 Å². The molecule has 0 saturated carbocycles. The van der Waals surface area contributed by atoms with Gasteiger partial charge >= 0.3 is 5.97 Å². The lowest BCUT2D eigenvalue weighted by atomic mass is 10.0. The first-order chi connectivity index (χ1) is 29.0. The maximum Gasteiger partial charge on any atom is 0.306 e. The molecule has 0 heterocycles. The Kier molecular flexibility index (Phi) is 46.1. The standard InChI is InChI=1S/C53H101NO5/c1-4-7-10-13-16-19-22-25-28-30-33-36-39-42-45-51(56)50(48-55)54-52(57)47-49(44-41-38-35-32-29-26-23-20-17-14-11-8-5-2)59-53(58)46-43-40-37-34-31-27-24-21-18-15-12-9-6-3/h20,23,27,31,49-51,55-56H,4-19,21-22,24-26,28-30,32-48H2,1-3H3,(H,54,57)/b23-20-,31-27-. The Morgan fingerprint density at radius 3 is 1.22 bits per heavy atom. The molecule has 0 spiro atoms. The van der Waals surface area contributed by atoms with Crippen LogP contribution in [0.3, 0.4) is 0 Å². The second-order valence-corrected chi connectivity index (χ2v) is 17.9. The van der Waals surface area contributed by atoms with E-state index in [1.54, 1.807) is 0 Å². The summed E-state index contributed by atoms with van der Waals surface area (Å²) in [5.41, 5.74) is 0. The van der Waals surface area contributed by atoms with Crippen LogP contribution in [-0.4, -0.2) is 46.9 Å². The van der Waals surface area contributed by atoms with Gasteiger partial charge in [-0.1, -0.05) is 212 Å². The zero-order chi connectivity index (χ0) is 43.1. The fourth-order valence-electron chi connectivity index (χ4n) is 8.01. The number of unbranched alkanes of at least 4 members (excludes halogenated alkanes) is 31. The minimum atomic E-state index is -0.788. The molecule has 348 valence electrons. The van der Waals surface area contributed by atoms with Crippen molar-refractivity contribution in [2.45, 2.75) is 296 Å². The number of hydrogen-bond acceptors (Lipinski definition) is 5. The van der Waals surface area contributed by atoms with Gasteiger partial charge in [-0.2, -0.15) is 0 Å². The van der Waals surface area contributed by atoms with Crippen LogP contribution in [0.2, 0.25) is 0 Å². The van der Waals surface area contributed by atoms with Crippen LogP contribution < -0.4 is 5.32 Å². The van der Waals surface area contributed by atoms with Crippen molar-refractivity contribution in [2.24, 2.45) is 0 Å². The third kappa shape index (κ3) is 42.8. The van der Waals surface area contributed by atoms with Gasteiger partial charge in [0, 0.05) is 6.42 Å². The average Bonchev–Trinajstić information content (AvgIpc) is 3.23.